The predicted octanol–water partition coefficient (Wildman–Crippen LogP) is 3.37. The van der Waals surface area contributed by atoms with Crippen molar-refractivity contribution in [2.24, 2.45) is 0 Å². The van der Waals surface area contributed by atoms with Gasteiger partial charge in [-0.1, -0.05) is 30.3 Å². The van der Waals surface area contributed by atoms with E-state index in [1.165, 1.54) is 0 Å². The Labute approximate surface area is 192 Å². The highest BCUT2D eigenvalue weighted by atomic mass is 16.5. The molecule has 0 aliphatic rings. The first-order valence-electron chi connectivity index (χ1n) is 10.4. The summed E-state index contributed by atoms with van der Waals surface area (Å²) >= 11 is 0. The molecule has 0 unspecified atom stereocenters. The van der Waals surface area contributed by atoms with Crippen LogP contribution in [0.15, 0.2) is 78.9 Å². The molecule has 3 amide bonds. The first-order chi connectivity index (χ1) is 16.0. The molecular formula is C25H26N4O4. The number of hydrogen-bond donors (Lipinski definition) is 4. The zero-order valence-electron chi connectivity index (χ0n) is 18.3. The van der Waals surface area contributed by atoms with Crippen LogP contribution in [0.4, 0.5) is 17.1 Å². The van der Waals surface area contributed by atoms with Gasteiger partial charge in [0.2, 0.25) is 5.91 Å². The summed E-state index contributed by atoms with van der Waals surface area (Å²) in [6.45, 7) is 0.839. The van der Waals surface area contributed by atoms with Crippen molar-refractivity contribution in [3.05, 3.63) is 90.0 Å². The summed E-state index contributed by atoms with van der Waals surface area (Å²) in [7, 11) is 1.56. The van der Waals surface area contributed by atoms with Gasteiger partial charge in [-0.3, -0.25) is 14.4 Å². The highest BCUT2D eigenvalue weighted by Gasteiger charge is 2.09. The van der Waals surface area contributed by atoms with Crippen molar-refractivity contribution in [2.45, 2.75) is 0 Å². The number of ether oxygens (including phenoxy) is 1. The Balaban J connectivity index is 1.52. The van der Waals surface area contributed by atoms with Crippen LogP contribution in [-0.4, -0.2) is 44.5 Å². The number of anilines is 3. The van der Waals surface area contributed by atoms with Gasteiger partial charge in [0.1, 0.15) is 0 Å². The van der Waals surface area contributed by atoms with E-state index < -0.39 is 0 Å². The van der Waals surface area contributed by atoms with Crippen LogP contribution in [0.5, 0.6) is 0 Å². The molecule has 8 nitrogen and oxygen atoms in total. The fourth-order valence-electron chi connectivity index (χ4n) is 2.99. The first-order valence-corrected chi connectivity index (χ1v) is 10.4. The van der Waals surface area contributed by atoms with Crippen molar-refractivity contribution in [3.63, 3.8) is 0 Å². The van der Waals surface area contributed by atoms with Crippen LogP contribution < -0.4 is 21.3 Å². The third-order valence-corrected chi connectivity index (χ3v) is 4.61. The molecule has 4 N–H and O–H groups in total. The summed E-state index contributed by atoms with van der Waals surface area (Å²) in [4.78, 5) is 36.8. The molecular weight excluding hydrogens is 420 g/mol. The van der Waals surface area contributed by atoms with E-state index in [4.69, 9.17) is 4.74 Å². The number of carbonyl (C=O) groups excluding carboxylic acids is 3. The summed E-state index contributed by atoms with van der Waals surface area (Å²) < 4.78 is 4.91. The molecule has 0 aliphatic heterocycles. The molecule has 0 saturated carbocycles. The Morgan fingerprint density at radius 3 is 2.15 bits per heavy atom. The molecule has 0 aliphatic carbocycles. The van der Waals surface area contributed by atoms with Gasteiger partial charge in [-0.25, -0.2) is 0 Å². The third kappa shape index (κ3) is 7.48. The largest absolute Gasteiger partial charge is 0.383 e. The van der Waals surface area contributed by atoms with Gasteiger partial charge in [0.25, 0.3) is 11.8 Å². The molecule has 0 aromatic heterocycles. The molecule has 3 aromatic rings. The Morgan fingerprint density at radius 1 is 0.727 bits per heavy atom. The maximum atomic E-state index is 12.4. The lowest BCUT2D eigenvalue weighted by Gasteiger charge is -2.11. The number of amides is 3. The van der Waals surface area contributed by atoms with Crippen LogP contribution in [0.25, 0.3) is 0 Å². The minimum absolute atomic E-state index is 0.0142. The molecule has 0 spiro atoms. The van der Waals surface area contributed by atoms with Gasteiger partial charge in [0, 0.05) is 41.8 Å². The van der Waals surface area contributed by atoms with E-state index in [9.17, 15) is 14.4 Å². The van der Waals surface area contributed by atoms with Crippen LogP contribution in [0.2, 0.25) is 0 Å². The number of rotatable bonds is 10. The molecule has 0 heterocycles. The lowest BCUT2D eigenvalue weighted by Crippen LogP contribution is -2.27. The molecule has 170 valence electrons. The highest BCUT2D eigenvalue weighted by molar-refractivity contribution is 6.04. The zero-order valence-corrected chi connectivity index (χ0v) is 18.3. The van der Waals surface area contributed by atoms with E-state index in [1.807, 2.05) is 6.07 Å². The summed E-state index contributed by atoms with van der Waals surface area (Å²) in [5, 5.41) is 11.4. The molecule has 0 radical (unpaired) electrons. The number of methoxy groups -OCH3 is 1. The van der Waals surface area contributed by atoms with Crippen molar-refractivity contribution >= 4 is 34.8 Å². The predicted molar refractivity (Wildman–Crippen MR) is 129 cm³/mol. The van der Waals surface area contributed by atoms with E-state index in [2.05, 4.69) is 21.3 Å². The van der Waals surface area contributed by atoms with Crippen molar-refractivity contribution in [3.8, 4) is 0 Å². The topological polar surface area (TPSA) is 109 Å². The van der Waals surface area contributed by atoms with Gasteiger partial charge < -0.3 is 26.0 Å². The highest BCUT2D eigenvalue weighted by Crippen LogP contribution is 2.16. The second-order valence-corrected chi connectivity index (χ2v) is 7.13. The number of benzene rings is 3. The van der Waals surface area contributed by atoms with Gasteiger partial charge in [-0.2, -0.15) is 0 Å². The monoisotopic (exact) mass is 446 g/mol. The Kier molecular flexibility index (Phi) is 8.55. The van der Waals surface area contributed by atoms with Crippen LogP contribution >= 0.6 is 0 Å². The van der Waals surface area contributed by atoms with Crippen molar-refractivity contribution in [1.29, 1.82) is 0 Å². The average molecular weight is 447 g/mol. The standard InChI is InChI=1S/C25H26N4O4/c1-33-14-13-26-24(31)19-9-5-11-21(15-19)28-23(30)17-27-20-10-6-12-22(16-20)29-25(32)18-7-3-2-4-8-18/h2-12,15-16,27H,13-14,17H2,1H3,(H,26,31)(H,28,30)(H,29,32). The lowest BCUT2D eigenvalue weighted by molar-refractivity contribution is -0.114. The summed E-state index contributed by atoms with van der Waals surface area (Å²) in [6, 6.07) is 22.7. The Hall–Kier alpha value is -4.17. The van der Waals surface area contributed by atoms with E-state index >= 15 is 0 Å². The second kappa shape index (κ2) is 12.0. The van der Waals surface area contributed by atoms with Gasteiger partial charge in [-0.15, -0.1) is 0 Å². The lowest BCUT2D eigenvalue weighted by atomic mass is 10.2. The maximum absolute atomic E-state index is 12.4. The van der Waals surface area contributed by atoms with E-state index in [-0.39, 0.29) is 24.3 Å². The molecule has 8 heteroatoms. The minimum atomic E-state index is -0.273. The summed E-state index contributed by atoms with van der Waals surface area (Å²) in [5.41, 5.74) is 2.82. The Morgan fingerprint density at radius 2 is 1.39 bits per heavy atom. The van der Waals surface area contributed by atoms with Gasteiger partial charge in [-0.05, 0) is 48.5 Å². The van der Waals surface area contributed by atoms with E-state index in [1.54, 1.807) is 79.9 Å². The van der Waals surface area contributed by atoms with E-state index in [0.29, 0.717) is 41.3 Å². The molecule has 0 atom stereocenters. The van der Waals surface area contributed by atoms with E-state index in [0.717, 1.165) is 0 Å². The minimum Gasteiger partial charge on any atom is -0.383 e. The molecule has 0 bridgehead atoms. The zero-order chi connectivity index (χ0) is 23.5. The fourth-order valence-corrected chi connectivity index (χ4v) is 2.99. The van der Waals surface area contributed by atoms with Crippen molar-refractivity contribution in [1.82, 2.24) is 5.32 Å². The average Bonchev–Trinajstić information content (AvgIpc) is 2.84. The number of nitrogens with one attached hydrogen (secondary N) is 4. The van der Waals surface area contributed by atoms with Crippen molar-refractivity contribution in [2.75, 3.05) is 42.8 Å². The van der Waals surface area contributed by atoms with Gasteiger partial charge in [0.05, 0.1) is 13.2 Å². The molecule has 3 rings (SSSR count). The number of carbonyl (C=O) groups is 3. The third-order valence-electron chi connectivity index (χ3n) is 4.61. The fraction of sp³-hybridized carbons (Fsp3) is 0.160. The quantitative estimate of drug-likeness (QED) is 0.357. The van der Waals surface area contributed by atoms with Crippen LogP contribution in [-0.2, 0) is 9.53 Å². The van der Waals surface area contributed by atoms with Crippen LogP contribution in [0, 0.1) is 0 Å². The SMILES string of the molecule is COCCNC(=O)c1cccc(NC(=O)CNc2cccc(NC(=O)c3ccccc3)c2)c1. The normalized spacial score (nSPS) is 10.2. The first kappa shape index (κ1) is 23.5. The van der Waals surface area contributed by atoms with Crippen LogP contribution in [0.1, 0.15) is 20.7 Å². The van der Waals surface area contributed by atoms with Crippen LogP contribution in [0.3, 0.4) is 0 Å². The molecule has 0 fully saturated rings. The smallest absolute Gasteiger partial charge is 0.255 e. The second-order valence-electron chi connectivity index (χ2n) is 7.13. The summed E-state index contributed by atoms with van der Waals surface area (Å²) in [6.07, 6.45) is 0. The van der Waals surface area contributed by atoms with Gasteiger partial charge in [0.15, 0.2) is 0 Å². The molecule has 0 saturated heterocycles. The molecule has 3 aromatic carbocycles. The maximum Gasteiger partial charge on any atom is 0.255 e. The number of hydrogen-bond acceptors (Lipinski definition) is 5. The van der Waals surface area contributed by atoms with Crippen molar-refractivity contribution < 1.29 is 19.1 Å². The Bertz CT molecular complexity index is 1100. The summed E-state index contributed by atoms with van der Waals surface area (Å²) in [5.74, 6) is -0.724. The van der Waals surface area contributed by atoms with Gasteiger partial charge >= 0.3 is 0 Å². The molecule has 33 heavy (non-hydrogen) atoms.